The van der Waals surface area contributed by atoms with Crippen molar-refractivity contribution in [3.8, 4) is 23.1 Å². The smallest absolute Gasteiger partial charge is 0.329 e. The van der Waals surface area contributed by atoms with Crippen LogP contribution in [0.1, 0.15) is 38.8 Å². The highest BCUT2D eigenvalue weighted by molar-refractivity contribution is 7.90. The molecular weight excluding hydrogens is 629 g/mol. The van der Waals surface area contributed by atoms with Gasteiger partial charge in [0.15, 0.2) is 18.2 Å². The molecule has 1 aromatic heterocycles. The molecule has 14 heteroatoms. The molecule has 0 bridgehead atoms. The van der Waals surface area contributed by atoms with E-state index in [9.17, 15) is 18.5 Å². The van der Waals surface area contributed by atoms with Gasteiger partial charge in [0.25, 0.3) is 0 Å². The number of hydrogen-bond acceptors (Lipinski definition) is 10. The zero-order valence-electron chi connectivity index (χ0n) is 26.6. The summed E-state index contributed by atoms with van der Waals surface area (Å²) in [5.41, 5.74) is 3.25. The lowest BCUT2D eigenvalue weighted by Crippen LogP contribution is -2.46. The zero-order chi connectivity index (χ0) is 33.2. The van der Waals surface area contributed by atoms with Crippen molar-refractivity contribution in [1.29, 1.82) is 5.26 Å². The number of carbonyl (C=O) groups is 1. The van der Waals surface area contributed by atoms with Crippen LogP contribution in [0.4, 0.5) is 17.3 Å². The van der Waals surface area contributed by atoms with Gasteiger partial charge in [-0.2, -0.15) is 5.26 Å². The molecule has 0 spiro atoms. The molecule has 1 atom stereocenters. The number of nitrogens with zero attached hydrogens (tertiary/aromatic N) is 4. The first-order valence-electron chi connectivity index (χ1n) is 14.4. The van der Waals surface area contributed by atoms with E-state index in [4.69, 9.17) is 25.7 Å². The van der Waals surface area contributed by atoms with E-state index in [2.05, 4.69) is 57.2 Å². The third-order valence-electron chi connectivity index (χ3n) is 8.34. The number of carbonyl (C=O) groups excluding carboxylic acids is 1. The van der Waals surface area contributed by atoms with Crippen LogP contribution < -0.4 is 14.9 Å². The van der Waals surface area contributed by atoms with Crippen molar-refractivity contribution in [3.05, 3.63) is 58.7 Å². The maximum Gasteiger partial charge on any atom is 0.329 e. The Balaban J connectivity index is 1.70. The Kier molecular flexibility index (Phi) is 10.0. The van der Waals surface area contributed by atoms with Crippen LogP contribution in [0.25, 0.3) is 11.3 Å². The van der Waals surface area contributed by atoms with E-state index in [1.807, 2.05) is 10.9 Å². The third kappa shape index (κ3) is 8.05. The monoisotopic (exact) mass is 666 g/mol. The van der Waals surface area contributed by atoms with Gasteiger partial charge in [0.2, 0.25) is 5.95 Å². The molecular formula is C31H38BClN5O5SSi. The molecule has 1 N–H and O–H groups in total. The number of halogens is 1. The molecule has 4 rings (SSSR count). The Morgan fingerprint density at radius 1 is 1.24 bits per heavy atom. The fourth-order valence-corrected chi connectivity index (χ4v) is 6.46. The van der Waals surface area contributed by atoms with Gasteiger partial charge >= 0.3 is 7.41 Å². The number of fused-ring (bicyclic) bond motifs is 1. The van der Waals surface area contributed by atoms with Gasteiger partial charge in [-0.05, 0) is 60.1 Å². The van der Waals surface area contributed by atoms with Crippen LogP contribution in [0.2, 0.25) is 23.2 Å². The number of ether oxygens (including phenoxy) is 1. The van der Waals surface area contributed by atoms with Crippen LogP contribution in [0.15, 0.2) is 42.6 Å². The van der Waals surface area contributed by atoms with Crippen LogP contribution in [0.3, 0.4) is 0 Å². The number of hydrogen-bond donors (Lipinski definition) is 1. The van der Waals surface area contributed by atoms with Crippen LogP contribution in [-0.2, 0) is 24.5 Å². The minimum absolute atomic E-state index is 0.0189. The summed E-state index contributed by atoms with van der Waals surface area (Å²) < 4.78 is 35.5. The number of rotatable bonds is 12. The normalized spacial score (nSPS) is 16.6. The Morgan fingerprint density at radius 3 is 2.62 bits per heavy atom. The molecule has 45 heavy (non-hydrogen) atoms. The highest BCUT2D eigenvalue weighted by atomic mass is 35.5. The lowest BCUT2D eigenvalue weighted by atomic mass is 9.83. The van der Waals surface area contributed by atoms with Gasteiger partial charge in [0.1, 0.15) is 24.6 Å². The highest BCUT2D eigenvalue weighted by Crippen LogP contribution is 2.46. The summed E-state index contributed by atoms with van der Waals surface area (Å²) >= 11 is 6.24. The van der Waals surface area contributed by atoms with E-state index in [1.165, 1.54) is 7.41 Å². The quantitative estimate of drug-likeness (QED) is 0.188. The van der Waals surface area contributed by atoms with Crippen molar-refractivity contribution in [1.82, 2.24) is 9.97 Å². The number of anilines is 3. The van der Waals surface area contributed by atoms with Crippen molar-refractivity contribution >= 4 is 60.7 Å². The summed E-state index contributed by atoms with van der Waals surface area (Å²) in [4.78, 5) is 22.5. The van der Waals surface area contributed by atoms with Gasteiger partial charge in [-0.1, -0.05) is 39.3 Å². The topological polar surface area (TPSA) is 135 Å². The molecule has 0 saturated carbocycles. The molecule has 3 aromatic rings. The maximum absolute atomic E-state index is 11.6. The highest BCUT2D eigenvalue weighted by Gasteiger charge is 2.44. The molecule has 0 saturated heterocycles. The van der Waals surface area contributed by atoms with Crippen LogP contribution >= 0.6 is 11.6 Å². The predicted molar refractivity (Wildman–Crippen MR) is 182 cm³/mol. The molecule has 1 radical (unpaired) electrons. The zero-order valence-corrected chi connectivity index (χ0v) is 29.2. The van der Waals surface area contributed by atoms with Gasteiger partial charge in [-0.3, -0.25) is 0 Å². The summed E-state index contributed by atoms with van der Waals surface area (Å²) in [5.74, 6) is 0.509. The number of benzene rings is 2. The fraction of sp³-hybridized carbons (Fsp3) is 0.419. The molecule has 10 nitrogen and oxygen atoms in total. The van der Waals surface area contributed by atoms with E-state index < -0.39 is 23.6 Å². The molecule has 1 aliphatic heterocycles. The average molecular weight is 667 g/mol. The summed E-state index contributed by atoms with van der Waals surface area (Å²) in [6.07, 6.45) is 3.48. The number of sulfone groups is 1. The second-order valence-electron chi connectivity index (χ2n) is 13.1. The van der Waals surface area contributed by atoms with Crippen LogP contribution in [0.5, 0.6) is 5.75 Å². The lowest BCUT2D eigenvalue weighted by Gasteiger charge is -2.39. The first-order valence-corrected chi connectivity index (χ1v) is 19.8. The summed E-state index contributed by atoms with van der Waals surface area (Å²) in [5, 5.41) is 13.8. The largest absolute Gasteiger partial charge is 0.490 e. The molecule has 1 aliphatic rings. The molecule has 2 aromatic carbocycles. The van der Waals surface area contributed by atoms with E-state index in [1.54, 1.807) is 36.5 Å². The van der Waals surface area contributed by atoms with Crippen LogP contribution in [-0.4, -0.2) is 72.1 Å². The van der Waals surface area contributed by atoms with Gasteiger partial charge < -0.3 is 24.1 Å². The summed E-state index contributed by atoms with van der Waals surface area (Å²) in [6, 6.07) is 12.8. The van der Waals surface area contributed by atoms with E-state index in [0.29, 0.717) is 52.1 Å². The first-order chi connectivity index (χ1) is 21.0. The molecule has 0 unspecified atom stereocenters. The second-order valence-corrected chi connectivity index (χ2v) is 20.6. The molecule has 2 heterocycles. The predicted octanol–water partition coefficient (Wildman–Crippen LogP) is 5.74. The minimum Gasteiger partial charge on any atom is -0.490 e. The standard InChI is InChI=1S/C31H38BClN5O5SSi/c1-30(2,3)45(6,7)43-19-31(4)18-38(32-20-39)28-22(17-34)14-21(15-24(28)31)25-10-11-35-29(36-25)37-26-16-23(33)8-9-27(26)42-12-13-44(5,40)41/h8-11,14-16,20H,12-13,18-19H2,1-7H3,(H,35,36,37)/t31-/m1/s1. The van der Waals surface area contributed by atoms with E-state index >= 15 is 0 Å². The average Bonchev–Trinajstić information content (AvgIpc) is 3.23. The first kappa shape index (κ1) is 34.4. The van der Waals surface area contributed by atoms with Gasteiger partial charge in [0.05, 0.1) is 22.7 Å². The second kappa shape index (κ2) is 13.1. The van der Waals surface area contributed by atoms with Crippen molar-refractivity contribution in [2.75, 3.05) is 41.9 Å². The Hall–Kier alpha value is -3.44. The van der Waals surface area contributed by atoms with Gasteiger partial charge in [-0.25, -0.2) is 18.4 Å². The number of nitriles is 1. The number of nitrogens with one attached hydrogen (secondary N) is 1. The van der Waals surface area contributed by atoms with E-state index in [-0.39, 0.29) is 23.3 Å². The molecule has 0 fully saturated rings. The van der Waals surface area contributed by atoms with Gasteiger partial charge in [-0.15, -0.1) is 0 Å². The molecule has 0 aliphatic carbocycles. The van der Waals surface area contributed by atoms with Gasteiger partial charge in [0, 0.05) is 47.3 Å². The Morgan fingerprint density at radius 2 is 1.98 bits per heavy atom. The van der Waals surface area contributed by atoms with Crippen molar-refractivity contribution in [3.63, 3.8) is 0 Å². The van der Waals surface area contributed by atoms with Crippen molar-refractivity contribution in [2.45, 2.75) is 51.2 Å². The SMILES string of the molecule is CC(C)(C)[Si](C)(C)OC[C@@]1(C)CN([B]C=O)c2c(C#N)cc(-c3ccnc(Nc4cc(Cl)ccc4OCCS(C)(=O)=O)n3)cc21. The number of aromatic nitrogens is 2. The van der Waals surface area contributed by atoms with Crippen LogP contribution in [0, 0.1) is 11.3 Å². The van der Waals surface area contributed by atoms with Crippen molar-refractivity contribution < 1.29 is 22.4 Å². The maximum atomic E-state index is 11.6. The summed E-state index contributed by atoms with van der Waals surface area (Å²) in [7, 11) is -3.83. The Bertz CT molecular complexity index is 1750. The minimum atomic E-state index is -3.20. The molecule has 0 amide bonds. The van der Waals surface area contributed by atoms with Crippen molar-refractivity contribution in [2.24, 2.45) is 0 Å². The Labute approximate surface area is 272 Å². The summed E-state index contributed by atoms with van der Waals surface area (Å²) in [6.45, 7) is 14.0. The fourth-order valence-electron chi connectivity index (χ4n) is 4.79. The lowest BCUT2D eigenvalue weighted by molar-refractivity contribution is 0.219. The van der Waals surface area contributed by atoms with E-state index in [0.717, 1.165) is 18.0 Å². The molecule has 237 valence electrons. The third-order valence-corrected chi connectivity index (χ3v) is 14.0.